The van der Waals surface area contributed by atoms with Gasteiger partial charge in [0.1, 0.15) is 5.82 Å². The molecule has 1 aliphatic heterocycles. The third kappa shape index (κ3) is 3.67. The number of nitrogens with one attached hydrogen (secondary N) is 1. The Morgan fingerprint density at radius 1 is 1.07 bits per heavy atom. The maximum absolute atomic E-state index is 12.8. The summed E-state index contributed by atoms with van der Waals surface area (Å²) in [6.07, 6.45) is 5.37. The predicted octanol–water partition coefficient (Wildman–Crippen LogP) is 5.07. The van der Waals surface area contributed by atoms with Crippen LogP contribution in [0.4, 0.5) is 5.69 Å². The summed E-state index contributed by atoms with van der Waals surface area (Å²) in [7, 11) is 0. The first-order valence-electron chi connectivity index (χ1n) is 10.3. The summed E-state index contributed by atoms with van der Waals surface area (Å²) in [5.74, 6) is 2.18. The summed E-state index contributed by atoms with van der Waals surface area (Å²) in [6.45, 7) is 0.954. The van der Waals surface area contributed by atoms with Crippen molar-refractivity contribution in [3.05, 3.63) is 64.9 Å². The van der Waals surface area contributed by atoms with Gasteiger partial charge in [-0.1, -0.05) is 48.4 Å². The molecule has 0 radical (unpaired) electrons. The van der Waals surface area contributed by atoms with Gasteiger partial charge in [0.15, 0.2) is 5.82 Å². The van der Waals surface area contributed by atoms with Gasteiger partial charge in [0.25, 0.3) is 0 Å². The Bertz CT molecular complexity index is 1060. The highest BCUT2D eigenvalue weighted by Gasteiger charge is 2.44. The van der Waals surface area contributed by atoms with Gasteiger partial charge in [-0.25, -0.2) is 0 Å². The maximum atomic E-state index is 12.8. The lowest BCUT2D eigenvalue weighted by atomic mass is 10.1. The van der Waals surface area contributed by atoms with Gasteiger partial charge < -0.3 is 9.88 Å². The van der Waals surface area contributed by atoms with Crippen molar-refractivity contribution < 1.29 is 4.79 Å². The van der Waals surface area contributed by atoms with Crippen molar-refractivity contribution in [3.8, 4) is 11.4 Å². The van der Waals surface area contributed by atoms with E-state index in [0.29, 0.717) is 0 Å². The number of amides is 1. The number of nitrogens with zero attached hydrogens (tertiary/aromatic N) is 3. The number of aryl methyl sites for hydroxylation is 1. The van der Waals surface area contributed by atoms with E-state index in [9.17, 15) is 4.79 Å². The van der Waals surface area contributed by atoms with Crippen LogP contribution in [0, 0.1) is 5.92 Å². The third-order valence-corrected chi connectivity index (χ3v) is 6.27. The molecule has 1 N–H and O–H groups in total. The van der Waals surface area contributed by atoms with Crippen LogP contribution in [-0.2, 0) is 17.8 Å². The molecule has 2 unspecified atom stereocenters. The molecule has 5 rings (SSSR count). The zero-order chi connectivity index (χ0) is 19.8. The summed E-state index contributed by atoms with van der Waals surface area (Å²) < 4.78 is 2.22. The fraction of sp³-hybridized carbons (Fsp3) is 0.348. The number of anilines is 1. The molecule has 1 aromatic heterocycles. The van der Waals surface area contributed by atoms with Crippen molar-refractivity contribution in [1.29, 1.82) is 0 Å². The molecule has 0 saturated heterocycles. The number of halogens is 1. The number of benzene rings is 2. The highest BCUT2D eigenvalue weighted by Crippen LogP contribution is 2.50. The van der Waals surface area contributed by atoms with E-state index in [1.807, 2.05) is 48.5 Å². The van der Waals surface area contributed by atoms with Crippen molar-refractivity contribution in [2.24, 2.45) is 5.92 Å². The molecule has 5 nitrogen and oxygen atoms in total. The lowest BCUT2D eigenvalue weighted by Gasteiger charge is -2.10. The molecule has 2 aromatic carbocycles. The second kappa shape index (κ2) is 7.64. The van der Waals surface area contributed by atoms with E-state index in [-0.39, 0.29) is 17.7 Å². The van der Waals surface area contributed by atoms with Crippen molar-refractivity contribution >= 4 is 23.2 Å². The molecule has 2 aliphatic rings. The van der Waals surface area contributed by atoms with Gasteiger partial charge in [-0.15, -0.1) is 10.2 Å². The van der Waals surface area contributed by atoms with Gasteiger partial charge >= 0.3 is 0 Å². The van der Waals surface area contributed by atoms with E-state index in [1.165, 1.54) is 12.8 Å². The first kappa shape index (κ1) is 18.4. The molecule has 1 saturated carbocycles. The molecular formula is C23H23ClN4O. The van der Waals surface area contributed by atoms with Crippen LogP contribution in [0.3, 0.4) is 0 Å². The van der Waals surface area contributed by atoms with Crippen LogP contribution in [0.2, 0.25) is 5.02 Å². The molecule has 0 spiro atoms. The van der Waals surface area contributed by atoms with Crippen LogP contribution in [0.1, 0.15) is 43.0 Å². The third-order valence-electron chi connectivity index (χ3n) is 5.93. The fourth-order valence-corrected chi connectivity index (χ4v) is 4.55. The normalized spacial score (nSPS) is 20.6. The zero-order valence-electron chi connectivity index (χ0n) is 16.1. The zero-order valence-corrected chi connectivity index (χ0v) is 16.9. The molecule has 29 heavy (non-hydrogen) atoms. The summed E-state index contributed by atoms with van der Waals surface area (Å²) in [5, 5.41) is 12.6. The van der Waals surface area contributed by atoms with Crippen LogP contribution in [0.5, 0.6) is 0 Å². The maximum Gasteiger partial charge on any atom is 0.228 e. The number of hydrogen-bond acceptors (Lipinski definition) is 3. The highest BCUT2D eigenvalue weighted by molar-refractivity contribution is 6.31. The van der Waals surface area contributed by atoms with Gasteiger partial charge in [-0.3, -0.25) is 4.79 Å². The molecule has 3 aromatic rings. The van der Waals surface area contributed by atoms with E-state index in [2.05, 4.69) is 20.1 Å². The molecule has 0 bridgehead atoms. The van der Waals surface area contributed by atoms with Crippen molar-refractivity contribution in [2.45, 2.75) is 44.6 Å². The van der Waals surface area contributed by atoms with E-state index in [1.54, 1.807) is 0 Å². The summed E-state index contributed by atoms with van der Waals surface area (Å²) >= 11 is 6.29. The van der Waals surface area contributed by atoms with Crippen molar-refractivity contribution in [3.63, 3.8) is 0 Å². The Balaban J connectivity index is 1.32. The predicted molar refractivity (Wildman–Crippen MR) is 114 cm³/mol. The molecule has 1 fully saturated rings. The summed E-state index contributed by atoms with van der Waals surface area (Å²) in [6, 6.07) is 15.7. The van der Waals surface area contributed by atoms with E-state index in [0.717, 1.165) is 59.3 Å². The number of fused-ring (bicyclic) bond motifs is 1. The van der Waals surface area contributed by atoms with Crippen LogP contribution < -0.4 is 5.32 Å². The Morgan fingerprint density at radius 3 is 2.86 bits per heavy atom. The topological polar surface area (TPSA) is 59.8 Å². The van der Waals surface area contributed by atoms with Crippen molar-refractivity contribution in [2.75, 3.05) is 5.32 Å². The number of hydrogen-bond donors (Lipinski definition) is 1. The first-order chi connectivity index (χ1) is 14.2. The largest absolute Gasteiger partial charge is 0.326 e. The average molecular weight is 407 g/mol. The lowest BCUT2D eigenvalue weighted by molar-refractivity contribution is -0.117. The van der Waals surface area contributed by atoms with Crippen LogP contribution in [-0.4, -0.2) is 20.7 Å². The first-order valence-corrected chi connectivity index (χ1v) is 10.7. The van der Waals surface area contributed by atoms with E-state index >= 15 is 0 Å². The van der Waals surface area contributed by atoms with Gasteiger partial charge in [0.05, 0.1) is 0 Å². The van der Waals surface area contributed by atoms with E-state index in [4.69, 9.17) is 11.6 Å². The van der Waals surface area contributed by atoms with Gasteiger partial charge in [-0.2, -0.15) is 0 Å². The molecule has 6 heteroatoms. The van der Waals surface area contributed by atoms with Crippen LogP contribution >= 0.6 is 11.6 Å². The standard InChI is InChI=1S/C23H23ClN4O/c24-20-10-4-3-9-17(20)18-14-19(18)23(29)25-16-8-6-7-15(13-16)22-27-26-21-11-2-1-5-12-28(21)22/h3-4,6-10,13,18-19H,1-2,5,11-12,14H2,(H,25,29). The summed E-state index contributed by atoms with van der Waals surface area (Å²) in [5.41, 5.74) is 2.85. The second-order valence-corrected chi connectivity index (χ2v) is 8.35. The number of carbonyl (C=O) groups excluding carboxylic acids is 1. The number of aromatic nitrogens is 3. The minimum Gasteiger partial charge on any atom is -0.326 e. The van der Waals surface area contributed by atoms with Gasteiger partial charge in [-0.05, 0) is 48.9 Å². The SMILES string of the molecule is O=C(Nc1cccc(-c2nnc3n2CCCCC3)c1)C1CC1c1ccccc1Cl. The van der Waals surface area contributed by atoms with E-state index < -0.39 is 0 Å². The highest BCUT2D eigenvalue weighted by atomic mass is 35.5. The Labute approximate surface area is 175 Å². The van der Waals surface area contributed by atoms with Gasteiger partial charge in [0, 0.05) is 35.2 Å². The number of rotatable bonds is 4. The molecule has 1 aliphatic carbocycles. The Kier molecular flexibility index (Phi) is 4.84. The Hall–Kier alpha value is -2.66. The molecule has 148 valence electrons. The lowest BCUT2D eigenvalue weighted by Crippen LogP contribution is -2.14. The van der Waals surface area contributed by atoms with Crippen LogP contribution in [0.15, 0.2) is 48.5 Å². The molecule has 1 amide bonds. The van der Waals surface area contributed by atoms with Crippen LogP contribution in [0.25, 0.3) is 11.4 Å². The minimum absolute atomic E-state index is 0.0251. The average Bonchev–Trinajstić information content (AvgIpc) is 3.48. The Morgan fingerprint density at radius 2 is 1.97 bits per heavy atom. The fourth-order valence-electron chi connectivity index (χ4n) is 4.27. The quantitative estimate of drug-likeness (QED) is 0.658. The molecular weight excluding hydrogens is 384 g/mol. The minimum atomic E-state index is -0.0251. The monoisotopic (exact) mass is 406 g/mol. The van der Waals surface area contributed by atoms with Crippen molar-refractivity contribution in [1.82, 2.24) is 14.8 Å². The molecule has 2 atom stereocenters. The number of carbonyl (C=O) groups is 1. The summed E-state index contributed by atoms with van der Waals surface area (Å²) in [4.78, 5) is 12.8. The van der Waals surface area contributed by atoms with Gasteiger partial charge in [0.2, 0.25) is 5.91 Å². The smallest absolute Gasteiger partial charge is 0.228 e. The second-order valence-electron chi connectivity index (χ2n) is 7.94. The molecule has 2 heterocycles.